The molecule has 0 aliphatic carbocycles. The lowest BCUT2D eigenvalue weighted by atomic mass is 10.5. The Morgan fingerprint density at radius 3 is 1.82 bits per heavy atom. The second-order valence-electron chi connectivity index (χ2n) is 2.07. The normalized spacial score (nSPS) is 10.9. The van der Waals surface area contributed by atoms with Gasteiger partial charge >= 0.3 is 9.53 Å². The van der Waals surface area contributed by atoms with Crippen LogP contribution in [-0.4, -0.2) is 29.3 Å². The Morgan fingerprint density at radius 2 is 1.45 bits per heavy atom. The summed E-state index contributed by atoms with van der Waals surface area (Å²) in [5.41, 5.74) is 0. The van der Waals surface area contributed by atoms with Gasteiger partial charge in [0, 0.05) is 19.8 Å². The van der Waals surface area contributed by atoms with Crippen LogP contribution in [0.2, 0.25) is 0 Å². The topological polar surface area (TPSA) is 27.7 Å². The lowest BCUT2D eigenvalue weighted by Gasteiger charge is -2.13. The molecule has 11 heavy (non-hydrogen) atoms. The largest absolute Gasteiger partial charge is 0.484 e. The predicted octanol–water partition coefficient (Wildman–Crippen LogP) is 1.20. The third kappa shape index (κ3) is 6.49. The zero-order valence-electron chi connectivity index (χ0n) is 7.63. The van der Waals surface area contributed by atoms with Gasteiger partial charge in [0.05, 0.1) is 0 Å². The molecular weight excluding hydrogens is 160 g/mol. The molecule has 0 heterocycles. The van der Waals surface area contributed by atoms with E-state index in [9.17, 15) is 0 Å². The van der Waals surface area contributed by atoms with Gasteiger partial charge < -0.3 is 13.3 Å². The van der Waals surface area contributed by atoms with Crippen LogP contribution in [0.3, 0.4) is 0 Å². The molecule has 0 aromatic rings. The van der Waals surface area contributed by atoms with E-state index in [0.717, 1.165) is 13.0 Å². The van der Waals surface area contributed by atoms with Crippen molar-refractivity contribution in [3.8, 4) is 0 Å². The van der Waals surface area contributed by atoms with Crippen molar-refractivity contribution in [3.05, 3.63) is 0 Å². The van der Waals surface area contributed by atoms with Gasteiger partial charge in [-0.1, -0.05) is 6.92 Å². The van der Waals surface area contributed by atoms with Crippen LogP contribution in [0.4, 0.5) is 0 Å². The first-order valence-electron chi connectivity index (χ1n) is 4.19. The van der Waals surface area contributed by atoms with Gasteiger partial charge in [-0.05, 0) is 20.3 Å². The Morgan fingerprint density at radius 1 is 0.909 bits per heavy atom. The summed E-state index contributed by atoms with van der Waals surface area (Å²) in [7, 11) is -1.75. The second kappa shape index (κ2) is 8.20. The smallest absolute Gasteiger partial charge is 0.376 e. The molecule has 0 unspecified atom stereocenters. The number of hydrogen-bond donors (Lipinski definition) is 0. The van der Waals surface area contributed by atoms with E-state index in [4.69, 9.17) is 13.3 Å². The summed E-state index contributed by atoms with van der Waals surface area (Å²) >= 11 is 0. The van der Waals surface area contributed by atoms with Gasteiger partial charge in [0.25, 0.3) is 0 Å². The SMILES string of the molecule is CCCO[SiH](OCC)OCC. The highest BCUT2D eigenvalue weighted by molar-refractivity contribution is 6.36. The van der Waals surface area contributed by atoms with Crippen molar-refractivity contribution in [2.45, 2.75) is 27.2 Å². The molecule has 0 atom stereocenters. The molecule has 3 nitrogen and oxygen atoms in total. The molecule has 0 aliphatic heterocycles. The zero-order chi connectivity index (χ0) is 8.53. The molecule has 0 saturated carbocycles. The van der Waals surface area contributed by atoms with Crippen LogP contribution >= 0.6 is 0 Å². The summed E-state index contributed by atoms with van der Waals surface area (Å²) < 4.78 is 15.9. The average molecular weight is 178 g/mol. The van der Waals surface area contributed by atoms with E-state index in [1.54, 1.807) is 0 Å². The molecule has 0 N–H and O–H groups in total. The van der Waals surface area contributed by atoms with E-state index < -0.39 is 9.53 Å². The minimum absolute atomic E-state index is 0.681. The zero-order valence-corrected chi connectivity index (χ0v) is 8.79. The summed E-state index contributed by atoms with van der Waals surface area (Å²) in [6.07, 6.45) is 1.02. The van der Waals surface area contributed by atoms with Crippen molar-refractivity contribution in [3.63, 3.8) is 0 Å². The predicted molar refractivity (Wildman–Crippen MR) is 46.6 cm³/mol. The van der Waals surface area contributed by atoms with E-state index in [1.807, 2.05) is 13.8 Å². The molecule has 4 heteroatoms. The van der Waals surface area contributed by atoms with Crippen LogP contribution < -0.4 is 0 Å². The lowest BCUT2D eigenvalue weighted by Crippen LogP contribution is -2.27. The van der Waals surface area contributed by atoms with Crippen LogP contribution in [0.1, 0.15) is 27.2 Å². The fourth-order valence-corrected chi connectivity index (χ4v) is 1.89. The minimum Gasteiger partial charge on any atom is -0.376 e. The lowest BCUT2D eigenvalue weighted by molar-refractivity contribution is 0.102. The fraction of sp³-hybridized carbons (Fsp3) is 1.00. The monoisotopic (exact) mass is 178 g/mol. The Kier molecular flexibility index (Phi) is 8.27. The maximum Gasteiger partial charge on any atom is 0.484 e. The van der Waals surface area contributed by atoms with Crippen molar-refractivity contribution in [2.24, 2.45) is 0 Å². The van der Waals surface area contributed by atoms with E-state index in [2.05, 4.69) is 6.92 Å². The van der Waals surface area contributed by atoms with Crippen molar-refractivity contribution in [2.75, 3.05) is 19.8 Å². The summed E-state index contributed by atoms with van der Waals surface area (Å²) in [5.74, 6) is 0. The molecule has 0 rings (SSSR count). The molecule has 68 valence electrons. The van der Waals surface area contributed by atoms with Crippen LogP contribution in [0, 0.1) is 0 Å². The Bertz CT molecular complexity index is 74.1. The molecule has 0 spiro atoms. The van der Waals surface area contributed by atoms with Crippen LogP contribution in [0.25, 0.3) is 0 Å². The quantitative estimate of drug-likeness (QED) is 0.548. The standard InChI is InChI=1S/C7H18O3Si/c1-4-7-10-11(8-5-2)9-6-3/h11H,4-7H2,1-3H3. The number of rotatable bonds is 7. The summed E-state index contributed by atoms with van der Waals surface area (Å²) in [6.45, 7) is 8.09. The third-order valence-electron chi connectivity index (χ3n) is 1.06. The van der Waals surface area contributed by atoms with Crippen molar-refractivity contribution in [1.29, 1.82) is 0 Å². The van der Waals surface area contributed by atoms with Gasteiger partial charge in [0.1, 0.15) is 0 Å². The second-order valence-corrected chi connectivity index (χ2v) is 3.65. The Balaban J connectivity index is 3.34. The first kappa shape index (κ1) is 11.1. The summed E-state index contributed by atoms with van der Waals surface area (Å²) in [4.78, 5) is 0. The van der Waals surface area contributed by atoms with Gasteiger partial charge in [0.2, 0.25) is 0 Å². The Hall–Kier alpha value is 0.0969. The van der Waals surface area contributed by atoms with E-state index in [0.29, 0.717) is 13.2 Å². The highest BCUT2D eigenvalue weighted by Gasteiger charge is 2.11. The van der Waals surface area contributed by atoms with E-state index >= 15 is 0 Å². The molecule has 0 aromatic heterocycles. The maximum absolute atomic E-state index is 5.37. The minimum atomic E-state index is -1.75. The molecule has 0 fully saturated rings. The van der Waals surface area contributed by atoms with Crippen LogP contribution in [0.15, 0.2) is 0 Å². The van der Waals surface area contributed by atoms with Gasteiger partial charge in [-0.2, -0.15) is 0 Å². The van der Waals surface area contributed by atoms with Gasteiger partial charge in [0.15, 0.2) is 0 Å². The average Bonchev–Trinajstić information content (AvgIpc) is 2.01. The van der Waals surface area contributed by atoms with Gasteiger partial charge in [-0.25, -0.2) is 0 Å². The summed E-state index contributed by atoms with van der Waals surface area (Å²) in [5, 5.41) is 0. The maximum atomic E-state index is 5.37. The highest BCUT2D eigenvalue weighted by atomic mass is 28.3. The van der Waals surface area contributed by atoms with Gasteiger partial charge in [-0.3, -0.25) is 0 Å². The molecular formula is C7H18O3Si. The highest BCUT2D eigenvalue weighted by Crippen LogP contribution is 1.93. The van der Waals surface area contributed by atoms with Crippen molar-refractivity contribution >= 4 is 9.53 Å². The molecule has 0 bridgehead atoms. The van der Waals surface area contributed by atoms with Crippen molar-refractivity contribution in [1.82, 2.24) is 0 Å². The third-order valence-corrected chi connectivity index (χ3v) is 2.78. The van der Waals surface area contributed by atoms with Crippen LogP contribution in [0.5, 0.6) is 0 Å². The van der Waals surface area contributed by atoms with Gasteiger partial charge in [-0.15, -0.1) is 0 Å². The number of hydrogen-bond acceptors (Lipinski definition) is 3. The molecule has 0 aliphatic rings. The molecule has 0 amide bonds. The summed E-state index contributed by atoms with van der Waals surface area (Å²) in [6, 6.07) is 0. The first-order valence-corrected chi connectivity index (χ1v) is 5.61. The van der Waals surface area contributed by atoms with E-state index in [1.165, 1.54) is 0 Å². The first-order chi connectivity index (χ1) is 5.35. The van der Waals surface area contributed by atoms with Crippen LogP contribution in [-0.2, 0) is 13.3 Å². The van der Waals surface area contributed by atoms with Crippen molar-refractivity contribution < 1.29 is 13.3 Å². The Labute approximate surface area is 70.6 Å². The molecule has 0 radical (unpaired) electrons. The fourth-order valence-electron chi connectivity index (χ4n) is 0.631. The molecule has 0 aromatic carbocycles. The van der Waals surface area contributed by atoms with E-state index in [-0.39, 0.29) is 0 Å². The molecule has 0 saturated heterocycles.